The second kappa shape index (κ2) is 10.9. The first-order valence-electron chi connectivity index (χ1n) is 10.8. The van der Waals surface area contributed by atoms with Gasteiger partial charge in [0.05, 0.1) is 5.69 Å². The molecule has 30 heavy (non-hydrogen) atoms. The summed E-state index contributed by atoms with van der Waals surface area (Å²) in [5.74, 6) is 0.841. The molecule has 0 atom stereocenters. The summed E-state index contributed by atoms with van der Waals surface area (Å²) in [6.07, 6.45) is 2.21. The topological polar surface area (TPSA) is 20.6 Å². The molecule has 0 saturated carbocycles. The molecule has 0 aliphatic heterocycles. The van der Waals surface area contributed by atoms with Gasteiger partial charge in [0.25, 0.3) is 0 Å². The zero-order chi connectivity index (χ0) is 21.5. The van der Waals surface area contributed by atoms with Gasteiger partial charge in [0, 0.05) is 29.5 Å². The lowest BCUT2D eigenvalue weighted by molar-refractivity contribution is 0.283. The summed E-state index contributed by atoms with van der Waals surface area (Å²) in [5, 5.41) is 2.05. The molecule has 1 heterocycles. The van der Waals surface area contributed by atoms with Crippen molar-refractivity contribution < 1.29 is 4.74 Å². The Labute approximate surface area is 186 Å². The van der Waals surface area contributed by atoms with Gasteiger partial charge in [-0.25, -0.2) is 0 Å². The third-order valence-electron chi connectivity index (χ3n) is 5.90. The maximum Gasteiger partial charge on any atom is 0.128 e. The average molecular weight is 428 g/mol. The van der Waals surface area contributed by atoms with Crippen molar-refractivity contribution in [2.24, 2.45) is 7.05 Å². The van der Waals surface area contributed by atoms with Crippen LogP contribution in [0.5, 0.6) is 5.75 Å². The number of halogens is 1. The molecule has 2 aromatic carbocycles. The van der Waals surface area contributed by atoms with Gasteiger partial charge in [-0.05, 0) is 82.5 Å². The van der Waals surface area contributed by atoms with Gasteiger partial charge in [-0.1, -0.05) is 36.7 Å². The molecular formula is C25H34ClN3O. The smallest absolute Gasteiger partial charge is 0.128 e. The van der Waals surface area contributed by atoms with Crippen LogP contribution in [0.25, 0.3) is 10.9 Å². The Balaban J connectivity index is 1.70. The van der Waals surface area contributed by atoms with Crippen LogP contribution >= 0.6 is 11.6 Å². The predicted octanol–water partition coefficient (Wildman–Crippen LogP) is 5.23. The monoisotopic (exact) mass is 427 g/mol. The van der Waals surface area contributed by atoms with Crippen LogP contribution in [0.4, 0.5) is 0 Å². The van der Waals surface area contributed by atoms with E-state index in [2.05, 4.69) is 66.7 Å². The van der Waals surface area contributed by atoms with Crippen LogP contribution in [0.2, 0.25) is 5.02 Å². The van der Waals surface area contributed by atoms with Crippen molar-refractivity contribution in [3.63, 3.8) is 0 Å². The summed E-state index contributed by atoms with van der Waals surface area (Å²) in [6.45, 7) is 7.17. The fourth-order valence-electron chi connectivity index (χ4n) is 3.85. The largest absolute Gasteiger partial charge is 0.487 e. The van der Waals surface area contributed by atoms with E-state index in [0.29, 0.717) is 6.61 Å². The quantitative estimate of drug-likeness (QED) is 0.418. The second-order valence-electron chi connectivity index (χ2n) is 8.05. The molecule has 0 radical (unpaired) electrons. The maximum absolute atomic E-state index is 6.11. The van der Waals surface area contributed by atoms with Crippen LogP contribution in [-0.4, -0.2) is 54.6 Å². The third-order valence-corrected chi connectivity index (χ3v) is 6.15. The SMILES string of the molecule is CCN(C)CCCN(C)CCc1c(COc2ccc(Cl)cc2)n(C)c2ccccc12. The summed E-state index contributed by atoms with van der Waals surface area (Å²) in [5.41, 5.74) is 3.89. The van der Waals surface area contributed by atoms with E-state index in [1.54, 1.807) is 0 Å². The van der Waals surface area contributed by atoms with Crippen molar-refractivity contribution in [1.29, 1.82) is 0 Å². The number of likely N-dealkylation sites (N-methyl/N-ethyl adjacent to an activating group) is 1. The zero-order valence-electron chi connectivity index (χ0n) is 18.7. The molecule has 4 nitrogen and oxygen atoms in total. The van der Waals surface area contributed by atoms with E-state index < -0.39 is 0 Å². The van der Waals surface area contributed by atoms with Crippen molar-refractivity contribution in [3.05, 3.63) is 64.8 Å². The van der Waals surface area contributed by atoms with E-state index in [0.717, 1.165) is 43.4 Å². The summed E-state index contributed by atoms with van der Waals surface area (Å²) in [6, 6.07) is 16.2. The Kier molecular flexibility index (Phi) is 8.20. The van der Waals surface area contributed by atoms with Crippen LogP contribution in [0.1, 0.15) is 24.6 Å². The van der Waals surface area contributed by atoms with Crippen LogP contribution in [0, 0.1) is 0 Å². The lowest BCUT2D eigenvalue weighted by Gasteiger charge is -2.19. The van der Waals surface area contributed by atoms with E-state index in [-0.39, 0.29) is 0 Å². The number of benzene rings is 2. The molecule has 0 fully saturated rings. The Hall–Kier alpha value is -2.01. The number of para-hydroxylation sites is 1. The van der Waals surface area contributed by atoms with Crippen LogP contribution in [-0.2, 0) is 20.1 Å². The zero-order valence-corrected chi connectivity index (χ0v) is 19.5. The highest BCUT2D eigenvalue weighted by molar-refractivity contribution is 6.30. The molecule has 5 heteroatoms. The summed E-state index contributed by atoms with van der Waals surface area (Å²) >= 11 is 6.00. The number of aromatic nitrogens is 1. The lowest BCUT2D eigenvalue weighted by Crippen LogP contribution is -2.27. The van der Waals surface area contributed by atoms with Gasteiger partial charge >= 0.3 is 0 Å². The Bertz CT molecular complexity index is 935. The maximum atomic E-state index is 6.11. The van der Waals surface area contributed by atoms with Gasteiger partial charge in [-0.2, -0.15) is 0 Å². The van der Waals surface area contributed by atoms with E-state index in [4.69, 9.17) is 16.3 Å². The minimum absolute atomic E-state index is 0.549. The van der Waals surface area contributed by atoms with Gasteiger partial charge < -0.3 is 19.1 Å². The number of ether oxygens (including phenoxy) is 1. The summed E-state index contributed by atoms with van der Waals surface area (Å²) in [7, 11) is 6.54. The van der Waals surface area contributed by atoms with Crippen LogP contribution in [0.15, 0.2) is 48.5 Å². The number of hydrogen-bond donors (Lipinski definition) is 0. The highest BCUT2D eigenvalue weighted by atomic mass is 35.5. The molecule has 0 unspecified atom stereocenters. The standard InChI is InChI=1S/C25H34ClN3O/c1-5-27(2)16-8-17-28(3)18-15-23-22-9-6-7-10-24(22)29(4)25(23)19-30-21-13-11-20(26)12-14-21/h6-7,9-14H,5,8,15-19H2,1-4H3. The lowest BCUT2D eigenvalue weighted by atomic mass is 10.1. The fourth-order valence-corrected chi connectivity index (χ4v) is 3.98. The first-order chi connectivity index (χ1) is 14.5. The molecule has 1 aromatic heterocycles. The molecule has 0 aliphatic carbocycles. The van der Waals surface area contributed by atoms with Crippen molar-refractivity contribution in [2.45, 2.75) is 26.4 Å². The van der Waals surface area contributed by atoms with Gasteiger partial charge in [-0.15, -0.1) is 0 Å². The molecule has 0 N–H and O–H groups in total. The van der Waals surface area contributed by atoms with Crippen molar-refractivity contribution in [1.82, 2.24) is 14.4 Å². The normalized spacial score (nSPS) is 11.7. The van der Waals surface area contributed by atoms with Crippen LogP contribution < -0.4 is 4.74 Å². The Morgan fingerprint density at radius 1 is 0.933 bits per heavy atom. The second-order valence-corrected chi connectivity index (χ2v) is 8.48. The highest BCUT2D eigenvalue weighted by Crippen LogP contribution is 2.27. The van der Waals surface area contributed by atoms with Crippen LogP contribution in [0.3, 0.4) is 0 Å². The van der Waals surface area contributed by atoms with Gasteiger partial charge in [-0.3, -0.25) is 0 Å². The fraction of sp³-hybridized carbons (Fsp3) is 0.440. The van der Waals surface area contributed by atoms with E-state index in [1.807, 2.05) is 24.3 Å². The number of rotatable bonds is 11. The molecule has 0 bridgehead atoms. The van der Waals surface area contributed by atoms with Crippen molar-refractivity contribution >= 4 is 22.5 Å². The molecule has 0 saturated heterocycles. The van der Waals surface area contributed by atoms with Gasteiger partial charge in [0.2, 0.25) is 0 Å². The van der Waals surface area contributed by atoms with Crippen molar-refractivity contribution in [2.75, 3.05) is 40.3 Å². The number of aryl methyl sites for hydroxylation is 1. The summed E-state index contributed by atoms with van der Waals surface area (Å²) in [4.78, 5) is 4.81. The number of fused-ring (bicyclic) bond motifs is 1. The highest BCUT2D eigenvalue weighted by Gasteiger charge is 2.16. The predicted molar refractivity (Wildman–Crippen MR) is 128 cm³/mol. The molecule has 162 valence electrons. The first-order valence-corrected chi connectivity index (χ1v) is 11.2. The minimum Gasteiger partial charge on any atom is -0.487 e. The van der Waals surface area contributed by atoms with Crippen molar-refractivity contribution in [3.8, 4) is 5.75 Å². The average Bonchev–Trinajstić information content (AvgIpc) is 3.03. The molecule has 3 rings (SSSR count). The van der Waals surface area contributed by atoms with E-state index in [1.165, 1.54) is 28.6 Å². The first kappa shape index (κ1) is 22.7. The molecular weight excluding hydrogens is 394 g/mol. The number of hydrogen-bond acceptors (Lipinski definition) is 3. The number of nitrogens with zero attached hydrogens (tertiary/aromatic N) is 3. The minimum atomic E-state index is 0.549. The Morgan fingerprint density at radius 2 is 1.63 bits per heavy atom. The molecule has 0 spiro atoms. The summed E-state index contributed by atoms with van der Waals surface area (Å²) < 4.78 is 8.38. The van der Waals surface area contributed by atoms with Gasteiger partial charge in [0.15, 0.2) is 0 Å². The van der Waals surface area contributed by atoms with E-state index >= 15 is 0 Å². The Morgan fingerprint density at radius 3 is 2.37 bits per heavy atom. The molecule has 3 aromatic rings. The van der Waals surface area contributed by atoms with Gasteiger partial charge in [0.1, 0.15) is 12.4 Å². The molecule has 0 amide bonds. The third kappa shape index (κ3) is 5.78. The molecule has 0 aliphatic rings. The van der Waals surface area contributed by atoms with E-state index in [9.17, 15) is 0 Å².